The molecule has 0 aliphatic rings. The Bertz CT molecular complexity index is 352. The Morgan fingerprint density at radius 3 is 2.25 bits per heavy atom. The Kier molecular flexibility index (Phi) is 5.93. The average molecular weight is 254 g/mol. The van der Waals surface area contributed by atoms with Crippen LogP contribution in [0.3, 0.4) is 0 Å². The van der Waals surface area contributed by atoms with Crippen LogP contribution in [-0.4, -0.2) is 43.2 Å². The molecule has 0 amide bonds. The number of rotatable bonds is 8. The van der Waals surface area contributed by atoms with Gasteiger partial charge in [0.05, 0.1) is 6.42 Å². The highest BCUT2D eigenvalue weighted by molar-refractivity contribution is 7.87. The number of hydrogen-bond acceptors (Lipinski definition) is 4. The summed E-state index contributed by atoms with van der Waals surface area (Å²) in [4.78, 5) is 20.9. The predicted octanol–water partition coefficient (Wildman–Crippen LogP) is -1.25. The summed E-state index contributed by atoms with van der Waals surface area (Å²) < 4.78 is 26.2. The molecule has 0 saturated carbocycles. The molecule has 0 aliphatic carbocycles. The Balaban J connectivity index is 4.50. The topological polar surface area (TPSA) is 133 Å². The number of nitrogens with one attached hydrogen (secondary N) is 2. The van der Waals surface area contributed by atoms with Crippen LogP contribution in [0.4, 0.5) is 0 Å². The van der Waals surface area contributed by atoms with E-state index < -0.39 is 34.6 Å². The van der Waals surface area contributed by atoms with E-state index in [2.05, 4.69) is 4.72 Å². The standard InChI is InChI=1S/C7H14N2O6S/c1-2-3-8-16(14,15)9-5(7(12)13)4-6(10)11/h5,8-9H,2-4H2,1H3,(H,10,11)(H,12,13)/t5-/m0/s1. The lowest BCUT2D eigenvalue weighted by Gasteiger charge is -2.12. The van der Waals surface area contributed by atoms with E-state index in [1.807, 2.05) is 0 Å². The first-order valence-corrected chi connectivity index (χ1v) is 5.98. The van der Waals surface area contributed by atoms with Gasteiger partial charge in [-0.25, -0.2) is 4.72 Å². The minimum absolute atomic E-state index is 0.148. The molecule has 0 aromatic carbocycles. The molecule has 0 bridgehead atoms. The summed E-state index contributed by atoms with van der Waals surface area (Å²) in [5.41, 5.74) is 0. The molecule has 0 unspecified atom stereocenters. The number of aliphatic carboxylic acids is 2. The van der Waals surface area contributed by atoms with Gasteiger partial charge in [0.25, 0.3) is 10.2 Å². The van der Waals surface area contributed by atoms with E-state index in [4.69, 9.17) is 10.2 Å². The van der Waals surface area contributed by atoms with Crippen LogP contribution >= 0.6 is 0 Å². The maximum absolute atomic E-state index is 11.2. The number of carboxylic acids is 2. The normalized spacial score (nSPS) is 13.3. The summed E-state index contributed by atoms with van der Waals surface area (Å²) in [6, 6.07) is -1.67. The number of hydrogen-bond donors (Lipinski definition) is 4. The quantitative estimate of drug-likeness (QED) is 0.427. The van der Waals surface area contributed by atoms with Crippen LogP contribution in [0.25, 0.3) is 0 Å². The molecule has 0 fully saturated rings. The first-order chi connectivity index (χ1) is 7.28. The Hall–Kier alpha value is -1.19. The smallest absolute Gasteiger partial charge is 0.322 e. The van der Waals surface area contributed by atoms with Gasteiger partial charge in [0, 0.05) is 6.54 Å². The maximum atomic E-state index is 11.2. The van der Waals surface area contributed by atoms with Gasteiger partial charge in [-0.2, -0.15) is 13.1 Å². The third-order valence-electron chi connectivity index (χ3n) is 1.52. The van der Waals surface area contributed by atoms with Gasteiger partial charge in [0.1, 0.15) is 6.04 Å². The van der Waals surface area contributed by atoms with Gasteiger partial charge in [-0.15, -0.1) is 0 Å². The second-order valence-electron chi connectivity index (χ2n) is 3.00. The molecule has 1 atom stereocenters. The Morgan fingerprint density at radius 1 is 1.31 bits per heavy atom. The van der Waals surface area contributed by atoms with Crippen molar-refractivity contribution in [2.75, 3.05) is 6.54 Å². The molecule has 0 heterocycles. The minimum Gasteiger partial charge on any atom is -0.481 e. The second-order valence-corrected chi connectivity index (χ2v) is 4.54. The van der Waals surface area contributed by atoms with Crippen molar-refractivity contribution < 1.29 is 28.2 Å². The van der Waals surface area contributed by atoms with Crippen molar-refractivity contribution in [3.8, 4) is 0 Å². The summed E-state index contributed by atoms with van der Waals surface area (Å²) in [7, 11) is -3.98. The third-order valence-corrected chi connectivity index (χ3v) is 2.70. The molecule has 4 N–H and O–H groups in total. The van der Waals surface area contributed by atoms with Gasteiger partial charge >= 0.3 is 11.9 Å². The highest BCUT2D eigenvalue weighted by Crippen LogP contribution is 1.95. The summed E-state index contributed by atoms with van der Waals surface area (Å²) in [5, 5.41) is 17.0. The molecule has 9 heteroatoms. The fourth-order valence-electron chi connectivity index (χ4n) is 0.819. The monoisotopic (exact) mass is 254 g/mol. The van der Waals surface area contributed by atoms with Crippen LogP contribution in [0.15, 0.2) is 0 Å². The van der Waals surface area contributed by atoms with Crippen molar-refractivity contribution in [3.05, 3.63) is 0 Å². The minimum atomic E-state index is -3.98. The average Bonchev–Trinajstić information content (AvgIpc) is 2.12. The predicted molar refractivity (Wildman–Crippen MR) is 54.0 cm³/mol. The van der Waals surface area contributed by atoms with Gasteiger partial charge in [-0.3, -0.25) is 9.59 Å². The molecular weight excluding hydrogens is 240 g/mol. The van der Waals surface area contributed by atoms with E-state index in [0.717, 1.165) is 0 Å². The summed E-state index contributed by atoms with van der Waals surface area (Å²) in [6.07, 6.45) is -0.278. The fourth-order valence-corrected chi connectivity index (χ4v) is 1.93. The maximum Gasteiger partial charge on any atom is 0.322 e. The number of carbonyl (C=O) groups is 2. The van der Waals surface area contributed by atoms with Crippen LogP contribution < -0.4 is 9.44 Å². The van der Waals surface area contributed by atoms with Crippen molar-refractivity contribution in [3.63, 3.8) is 0 Å². The third kappa shape index (κ3) is 6.32. The molecule has 0 aliphatic heterocycles. The Labute approximate surface area is 92.8 Å². The Morgan fingerprint density at radius 2 is 1.88 bits per heavy atom. The molecule has 0 spiro atoms. The SMILES string of the molecule is CCCNS(=O)(=O)N[C@@H](CC(=O)O)C(=O)O. The van der Waals surface area contributed by atoms with Gasteiger partial charge in [-0.05, 0) is 6.42 Å². The molecule has 94 valence electrons. The highest BCUT2D eigenvalue weighted by Gasteiger charge is 2.25. The van der Waals surface area contributed by atoms with E-state index in [1.54, 1.807) is 11.6 Å². The van der Waals surface area contributed by atoms with E-state index in [9.17, 15) is 18.0 Å². The van der Waals surface area contributed by atoms with Crippen molar-refractivity contribution in [2.24, 2.45) is 0 Å². The highest BCUT2D eigenvalue weighted by atomic mass is 32.2. The van der Waals surface area contributed by atoms with Gasteiger partial charge in [-0.1, -0.05) is 6.92 Å². The molecule has 0 radical (unpaired) electrons. The summed E-state index contributed by atoms with van der Waals surface area (Å²) in [5.74, 6) is -2.94. The van der Waals surface area contributed by atoms with E-state index in [0.29, 0.717) is 6.42 Å². The first-order valence-electron chi connectivity index (χ1n) is 4.50. The molecule has 0 aromatic rings. The summed E-state index contributed by atoms with van der Waals surface area (Å²) in [6.45, 7) is 1.88. The lowest BCUT2D eigenvalue weighted by atomic mass is 10.2. The zero-order chi connectivity index (χ0) is 12.8. The second kappa shape index (κ2) is 6.40. The molecule has 8 nitrogen and oxygen atoms in total. The van der Waals surface area contributed by atoms with Crippen LogP contribution in [0.2, 0.25) is 0 Å². The molecule has 0 aromatic heterocycles. The van der Waals surface area contributed by atoms with Crippen molar-refractivity contribution in [1.82, 2.24) is 9.44 Å². The van der Waals surface area contributed by atoms with E-state index in [-0.39, 0.29) is 6.54 Å². The van der Waals surface area contributed by atoms with E-state index in [1.165, 1.54) is 0 Å². The first kappa shape index (κ1) is 14.8. The molecular formula is C7H14N2O6S. The lowest BCUT2D eigenvalue weighted by Crippen LogP contribution is -2.47. The summed E-state index contributed by atoms with van der Waals surface area (Å²) >= 11 is 0. The van der Waals surface area contributed by atoms with Gasteiger partial charge in [0.2, 0.25) is 0 Å². The van der Waals surface area contributed by atoms with Crippen molar-refractivity contribution >= 4 is 22.1 Å². The molecule has 0 saturated heterocycles. The zero-order valence-electron chi connectivity index (χ0n) is 8.63. The van der Waals surface area contributed by atoms with Gasteiger partial charge < -0.3 is 10.2 Å². The fraction of sp³-hybridized carbons (Fsp3) is 0.714. The van der Waals surface area contributed by atoms with Crippen LogP contribution in [0.1, 0.15) is 19.8 Å². The van der Waals surface area contributed by atoms with Crippen LogP contribution in [0, 0.1) is 0 Å². The largest absolute Gasteiger partial charge is 0.481 e. The van der Waals surface area contributed by atoms with Crippen LogP contribution in [-0.2, 0) is 19.8 Å². The molecule has 0 rings (SSSR count). The van der Waals surface area contributed by atoms with E-state index >= 15 is 0 Å². The lowest BCUT2D eigenvalue weighted by molar-refractivity contribution is -0.145. The molecule has 16 heavy (non-hydrogen) atoms. The van der Waals surface area contributed by atoms with Gasteiger partial charge in [0.15, 0.2) is 0 Å². The van der Waals surface area contributed by atoms with Crippen molar-refractivity contribution in [2.45, 2.75) is 25.8 Å². The number of carboxylic acid groups (broad SMARTS) is 2. The zero-order valence-corrected chi connectivity index (χ0v) is 9.45. The van der Waals surface area contributed by atoms with Crippen LogP contribution in [0.5, 0.6) is 0 Å². The van der Waals surface area contributed by atoms with Crippen molar-refractivity contribution in [1.29, 1.82) is 0 Å².